The first-order valence-corrected chi connectivity index (χ1v) is 13.6. The number of aliphatic hydroxyl groups excluding tert-OH is 1. The lowest BCUT2D eigenvalue weighted by molar-refractivity contribution is -0.132. The number of ketones is 1. The molecule has 1 unspecified atom stereocenters. The van der Waals surface area contributed by atoms with Gasteiger partial charge in [0.2, 0.25) is 0 Å². The summed E-state index contributed by atoms with van der Waals surface area (Å²) >= 11 is 0.927. The number of hydrogen-bond acceptors (Lipinski definition) is 10. The van der Waals surface area contributed by atoms with Gasteiger partial charge in [-0.05, 0) is 69.7 Å². The fourth-order valence-electron chi connectivity index (χ4n) is 4.38. The lowest BCUT2D eigenvalue weighted by Crippen LogP contribution is -2.29. The number of thiazole rings is 1. The van der Waals surface area contributed by atoms with E-state index < -0.39 is 23.7 Å². The fraction of sp³-hybridized carbons (Fsp3) is 0.310. The summed E-state index contributed by atoms with van der Waals surface area (Å²) in [6.45, 7) is 8.37. The van der Waals surface area contributed by atoms with Crippen molar-refractivity contribution in [3.8, 4) is 17.2 Å². The smallest absolute Gasteiger partial charge is 0.350 e. The Bertz CT molecular complexity index is 1460. The van der Waals surface area contributed by atoms with Gasteiger partial charge in [-0.1, -0.05) is 17.4 Å². The molecule has 10 nitrogen and oxygen atoms in total. The third kappa shape index (κ3) is 5.37. The van der Waals surface area contributed by atoms with Crippen molar-refractivity contribution in [2.75, 3.05) is 31.8 Å². The van der Waals surface area contributed by atoms with Crippen LogP contribution in [-0.2, 0) is 14.3 Å². The number of aliphatic hydroxyl groups is 1. The van der Waals surface area contributed by atoms with E-state index in [4.69, 9.17) is 18.9 Å². The zero-order valence-corrected chi connectivity index (χ0v) is 23.7. The minimum Gasteiger partial charge on any atom is -0.507 e. The van der Waals surface area contributed by atoms with Gasteiger partial charge >= 0.3 is 11.9 Å². The Labute approximate surface area is 235 Å². The number of hydrogen-bond donors (Lipinski definition) is 1. The number of aryl methyl sites for hydroxylation is 1. The van der Waals surface area contributed by atoms with Crippen LogP contribution in [-0.4, -0.2) is 54.7 Å². The van der Waals surface area contributed by atoms with Crippen LogP contribution in [0.1, 0.15) is 53.3 Å². The topological polar surface area (TPSA) is 124 Å². The zero-order chi connectivity index (χ0) is 29.0. The molecule has 1 saturated heterocycles. The van der Waals surface area contributed by atoms with E-state index in [1.165, 1.54) is 12.0 Å². The Morgan fingerprint density at radius 3 is 2.25 bits per heavy atom. The van der Waals surface area contributed by atoms with Crippen LogP contribution in [0.4, 0.5) is 5.13 Å². The van der Waals surface area contributed by atoms with Crippen molar-refractivity contribution in [1.29, 1.82) is 0 Å². The average Bonchev–Trinajstić information content (AvgIpc) is 3.46. The number of esters is 1. The summed E-state index contributed by atoms with van der Waals surface area (Å²) in [4.78, 5) is 45.1. The summed E-state index contributed by atoms with van der Waals surface area (Å²) in [7, 11) is 1.25. The summed E-state index contributed by atoms with van der Waals surface area (Å²) in [5.74, 6) is -1.25. The molecule has 0 radical (unpaired) electrons. The van der Waals surface area contributed by atoms with Crippen LogP contribution in [0.15, 0.2) is 48.0 Å². The Balaban J connectivity index is 1.93. The molecule has 0 bridgehead atoms. The summed E-state index contributed by atoms with van der Waals surface area (Å²) in [6.07, 6.45) is 0. The van der Waals surface area contributed by atoms with E-state index in [1.54, 1.807) is 49.4 Å². The summed E-state index contributed by atoms with van der Waals surface area (Å²) in [5.41, 5.74) is 1.02. The van der Waals surface area contributed by atoms with Crippen LogP contribution in [0.5, 0.6) is 17.2 Å². The lowest BCUT2D eigenvalue weighted by Gasteiger charge is -2.24. The first-order valence-electron chi connectivity index (χ1n) is 12.7. The number of Topliss-reactive ketones (excluding diaryl/α,β-unsaturated/α-hetero) is 1. The molecule has 2 aromatic carbocycles. The van der Waals surface area contributed by atoms with Gasteiger partial charge in [0.25, 0.3) is 5.78 Å². The van der Waals surface area contributed by atoms with Crippen LogP contribution in [0.25, 0.3) is 5.76 Å². The predicted molar refractivity (Wildman–Crippen MR) is 149 cm³/mol. The molecule has 1 atom stereocenters. The molecule has 2 heterocycles. The van der Waals surface area contributed by atoms with Crippen molar-refractivity contribution in [3.63, 3.8) is 0 Å². The van der Waals surface area contributed by atoms with Gasteiger partial charge in [0, 0.05) is 5.56 Å². The van der Waals surface area contributed by atoms with Crippen LogP contribution < -0.4 is 19.1 Å². The summed E-state index contributed by atoms with van der Waals surface area (Å²) < 4.78 is 21.8. The van der Waals surface area contributed by atoms with E-state index in [1.807, 2.05) is 20.8 Å². The Morgan fingerprint density at radius 1 is 0.975 bits per heavy atom. The second kappa shape index (κ2) is 12.2. The van der Waals surface area contributed by atoms with Crippen LogP contribution >= 0.6 is 11.3 Å². The number of methoxy groups -OCH3 is 1. The monoisotopic (exact) mass is 566 g/mol. The maximum atomic E-state index is 13.5. The van der Waals surface area contributed by atoms with Crippen molar-refractivity contribution in [1.82, 2.24) is 4.98 Å². The third-order valence-corrected chi connectivity index (χ3v) is 7.27. The first-order chi connectivity index (χ1) is 19.2. The number of ether oxygens (including phenoxy) is 4. The molecule has 1 aliphatic heterocycles. The standard InChI is InChI=1S/C29H30N2O8S/c1-6-37-19-12-9-17(10-13-19)24(32)22-23(18-11-14-20(38-7-2)21(15-18)39-8-3)31(27(34)25(22)33)29-30-16(4)26(40-29)28(35)36-5/h9-15,23,32H,6-8H2,1-5H3. The van der Waals surface area contributed by atoms with Crippen molar-refractivity contribution in [3.05, 3.63) is 69.7 Å². The quantitative estimate of drug-likeness (QED) is 0.155. The first kappa shape index (κ1) is 28.6. The van der Waals surface area contributed by atoms with Gasteiger partial charge in [0.05, 0.1) is 44.2 Å². The number of rotatable bonds is 10. The van der Waals surface area contributed by atoms with Gasteiger partial charge in [-0.15, -0.1) is 0 Å². The highest BCUT2D eigenvalue weighted by Gasteiger charge is 2.48. The number of nitrogens with zero attached hydrogens (tertiary/aromatic N) is 2. The van der Waals surface area contributed by atoms with Crippen molar-refractivity contribution >= 4 is 39.9 Å². The van der Waals surface area contributed by atoms with Gasteiger partial charge in [-0.2, -0.15) is 0 Å². The molecule has 1 aromatic heterocycles. The molecular weight excluding hydrogens is 536 g/mol. The molecule has 11 heteroatoms. The second-order valence-corrected chi connectivity index (χ2v) is 9.58. The molecule has 1 aliphatic rings. The minimum absolute atomic E-state index is 0.114. The maximum absolute atomic E-state index is 13.5. The summed E-state index contributed by atoms with van der Waals surface area (Å²) in [5, 5.41) is 11.5. The van der Waals surface area contributed by atoms with E-state index >= 15 is 0 Å². The van der Waals surface area contributed by atoms with Crippen molar-refractivity contribution in [2.45, 2.75) is 33.7 Å². The number of benzene rings is 2. The number of aromatic nitrogens is 1. The number of anilines is 1. The van der Waals surface area contributed by atoms with E-state index in [0.29, 0.717) is 53.9 Å². The highest BCUT2D eigenvalue weighted by molar-refractivity contribution is 7.17. The molecule has 1 fully saturated rings. The van der Waals surface area contributed by atoms with Crippen LogP contribution in [0.3, 0.4) is 0 Å². The van der Waals surface area contributed by atoms with Gasteiger partial charge in [-0.3, -0.25) is 14.5 Å². The van der Waals surface area contributed by atoms with Crippen molar-refractivity contribution < 1.29 is 38.4 Å². The van der Waals surface area contributed by atoms with Gasteiger partial charge in [0.1, 0.15) is 16.4 Å². The Hall–Kier alpha value is -4.38. The van der Waals surface area contributed by atoms with E-state index in [2.05, 4.69) is 4.98 Å². The maximum Gasteiger partial charge on any atom is 0.350 e. The molecule has 4 rings (SSSR count). The SMILES string of the molecule is CCOc1ccc(C(O)=C2C(=O)C(=O)N(c3nc(C)c(C(=O)OC)s3)C2c2ccc(OCC)c(OCC)c2)cc1. The van der Waals surface area contributed by atoms with E-state index in [0.717, 1.165) is 11.3 Å². The Morgan fingerprint density at radius 2 is 1.62 bits per heavy atom. The largest absolute Gasteiger partial charge is 0.507 e. The fourth-order valence-corrected chi connectivity index (χ4v) is 5.39. The molecule has 1 amide bonds. The molecule has 0 saturated carbocycles. The summed E-state index contributed by atoms with van der Waals surface area (Å²) in [6, 6.07) is 10.5. The molecule has 0 spiro atoms. The highest BCUT2D eigenvalue weighted by Crippen LogP contribution is 2.45. The van der Waals surface area contributed by atoms with E-state index in [9.17, 15) is 19.5 Å². The normalized spacial score (nSPS) is 16.2. The van der Waals surface area contributed by atoms with Crippen molar-refractivity contribution in [2.24, 2.45) is 0 Å². The third-order valence-electron chi connectivity index (χ3n) is 6.13. The molecule has 40 heavy (non-hydrogen) atoms. The van der Waals surface area contributed by atoms with Crippen LogP contribution in [0.2, 0.25) is 0 Å². The second-order valence-electron chi connectivity index (χ2n) is 8.60. The molecular formula is C29H30N2O8S. The zero-order valence-electron chi connectivity index (χ0n) is 22.8. The number of carbonyl (C=O) groups is 3. The highest BCUT2D eigenvalue weighted by atomic mass is 32.1. The minimum atomic E-state index is -1.07. The predicted octanol–water partition coefficient (Wildman–Crippen LogP) is 5.06. The van der Waals surface area contributed by atoms with Gasteiger partial charge < -0.3 is 24.1 Å². The molecule has 0 aliphatic carbocycles. The number of carbonyl (C=O) groups excluding carboxylic acids is 3. The Kier molecular flexibility index (Phi) is 8.73. The molecule has 210 valence electrons. The van der Waals surface area contributed by atoms with Gasteiger partial charge in [0.15, 0.2) is 16.6 Å². The molecule has 1 N–H and O–H groups in total. The molecule has 3 aromatic rings. The van der Waals surface area contributed by atoms with E-state index in [-0.39, 0.29) is 21.3 Å². The number of amides is 1. The van der Waals surface area contributed by atoms with Crippen LogP contribution in [0, 0.1) is 6.92 Å². The lowest BCUT2D eigenvalue weighted by atomic mass is 9.95. The average molecular weight is 567 g/mol. The van der Waals surface area contributed by atoms with Gasteiger partial charge in [-0.25, -0.2) is 9.78 Å².